The van der Waals surface area contributed by atoms with E-state index in [1.807, 2.05) is 6.92 Å². The number of hydrogen-bond donors (Lipinski definition) is 2. The first-order valence-electron chi connectivity index (χ1n) is 6.12. The van der Waals surface area contributed by atoms with E-state index in [1.165, 1.54) is 6.07 Å². The molecule has 4 nitrogen and oxygen atoms in total. The van der Waals surface area contributed by atoms with Crippen LogP contribution in [0.1, 0.15) is 29.8 Å². The van der Waals surface area contributed by atoms with Crippen molar-refractivity contribution in [1.29, 1.82) is 0 Å². The maximum Gasteiger partial charge on any atom is 0.418 e. The SMILES string of the molecule is CCOC(C)CNC(=O)c1cccc(C(F)(F)F)c1N. The Labute approximate surface area is 115 Å². The molecule has 1 aromatic rings. The van der Waals surface area contributed by atoms with E-state index >= 15 is 0 Å². The zero-order valence-electron chi connectivity index (χ0n) is 11.3. The van der Waals surface area contributed by atoms with Crippen LogP contribution in [-0.2, 0) is 10.9 Å². The van der Waals surface area contributed by atoms with Gasteiger partial charge in [-0.05, 0) is 26.0 Å². The Morgan fingerprint density at radius 2 is 2.10 bits per heavy atom. The largest absolute Gasteiger partial charge is 0.418 e. The second kappa shape index (κ2) is 6.60. The van der Waals surface area contributed by atoms with Crippen molar-refractivity contribution < 1.29 is 22.7 Å². The van der Waals surface area contributed by atoms with Crippen LogP contribution in [0.15, 0.2) is 18.2 Å². The molecule has 0 aliphatic carbocycles. The number of halogens is 3. The van der Waals surface area contributed by atoms with Gasteiger partial charge in [0.15, 0.2) is 0 Å². The Balaban J connectivity index is 2.84. The third-order valence-corrected chi connectivity index (χ3v) is 2.66. The molecule has 1 aromatic carbocycles. The van der Waals surface area contributed by atoms with E-state index in [9.17, 15) is 18.0 Å². The number of nitrogen functional groups attached to an aromatic ring is 1. The van der Waals surface area contributed by atoms with Crippen LogP contribution in [0.2, 0.25) is 0 Å². The van der Waals surface area contributed by atoms with Crippen LogP contribution in [0, 0.1) is 0 Å². The van der Waals surface area contributed by atoms with Crippen LogP contribution in [0.3, 0.4) is 0 Å². The summed E-state index contributed by atoms with van der Waals surface area (Å²) in [5.41, 5.74) is 3.65. The average molecular weight is 290 g/mol. The molecule has 0 fully saturated rings. The van der Waals surface area contributed by atoms with Crippen molar-refractivity contribution in [2.45, 2.75) is 26.1 Å². The number of anilines is 1. The van der Waals surface area contributed by atoms with Crippen molar-refractivity contribution in [3.63, 3.8) is 0 Å². The minimum Gasteiger partial charge on any atom is -0.398 e. The summed E-state index contributed by atoms with van der Waals surface area (Å²) in [6.45, 7) is 4.24. The van der Waals surface area contributed by atoms with Crippen molar-refractivity contribution in [2.24, 2.45) is 0 Å². The van der Waals surface area contributed by atoms with Gasteiger partial charge in [-0.1, -0.05) is 6.07 Å². The van der Waals surface area contributed by atoms with Crippen LogP contribution in [-0.4, -0.2) is 25.2 Å². The van der Waals surface area contributed by atoms with E-state index in [2.05, 4.69) is 5.32 Å². The first-order chi connectivity index (χ1) is 9.27. The Bertz CT molecular complexity index is 475. The fourth-order valence-corrected chi connectivity index (χ4v) is 1.69. The molecule has 1 rings (SSSR count). The highest BCUT2D eigenvalue weighted by Gasteiger charge is 2.34. The lowest BCUT2D eigenvalue weighted by molar-refractivity contribution is -0.136. The Morgan fingerprint density at radius 1 is 1.45 bits per heavy atom. The fraction of sp³-hybridized carbons (Fsp3) is 0.462. The molecule has 0 bridgehead atoms. The zero-order valence-corrected chi connectivity index (χ0v) is 11.3. The summed E-state index contributed by atoms with van der Waals surface area (Å²) in [6, 6.07) is 3.25. The van der Waals surface area contributed by atoms with Gasteiger partial charge in [0, 0.05) is 13.2 Å². The van der Waals surface area contributed by atoms with Crippen molar-refractivity contribution in [3.05, 3.63) is 29.3 Å². The number of ether oxygens (including phenoxy) is 1. The number of para-hydroxylation sites is 1. The van der Waals surface area contributed by atoms with Crippen LogP contribution in [0.4, 0.5) is 18.9 Å². The number of alkyl halides is 3. The molecule has 112 valence electrons. The number of nitrogens with one attached hydrogen (secondary N) is 1. The monoisotopic (exact) mass is 290 g/mol. The molecule has 0 radical (unpaired) electrons. The summed E-state index contributed by atoms with van der Waals surface area (Å²) in [7, 11) is 0. The summed E-state index contributed by atoms with van der Waals surface area (Å²) in [5.74, 6) is -0.653. The third kappa shape index (κ3) is 4.12. The quantitative estimate of drug-likeness (QED) is 0.819. The molecule has 0 spiro atoms. The van der Waals surface area contributed by atoms with Gasteiger partial charge in [-0.3, -0.25) is 4.79 Å². The van der Waals surface area contributed by atoms with Crippen LogP contribution >= 0.6 is 0 Å². The Kier molecular flexibility index (Phi) is 5.38. The average Bonchev–Trinajstić information content (AvgIpc) is 2.35. The second-order valence-corrected chi connectivity index (χ2v) is 4.24. The highest BCUT2D eigenvalue weighted by atomic mass is 19.4. The number of benzene rings is 1. The standard InChI is InChI=1S/C13H17F3N2O2/c1-3-20-8(2)7-18-12(19)9-5-4-6-10(11(9)17)13(14,15)16/h4-6,8H,3,7,17H2,1-2H3,(H,18,19). The topological polar surface area (TPSA) is 64.3 Å². The van der Waals surface area contributed by atoms with E-state index in [0.29, 0.717) is 6.61 Å². The minimum absolute atomic E-state index is 0.191. The number of carbonyl (C=O) groups excluding carboxylic acids is 1. The number of carbonyl (C=O) groups is 1. The maximum atomic E-state index is 12.7. The first kappa shape index (κ1) is 16.3. The molecule has 0 saturated carbocycles. The summed E-state index contributed by atoms with van der Waals surface area (Å²) in [4.78, 5) is 11.8. The van der Waals surface area contributed by atoms with E-state index < -0.39 is 23.3 Å². The molecule has 0 aliphatic rings. The van der Waals surface area contributed by atoms with Crippen LogP contribution in [0.5, 0.6) is 0 Å². The molecule has 1 atom stereocenters. The lowest BCUT2D eigenvalue weighted by Crippen LogP contribution is -2.32. The van der Waals surface area contributed by atoms with Crippen molar-refractivity contribution in [1.82, 2.24) is 5.32 Å². The molecule has 1 amide bonds. The van der Waals surface area contributed by atoms with Gasteiger partial charge in [0.2, 0.25) is 0 Å². The molecule has 20 heavy (non-hydrogen) atoms. The predicted octanol–water partition coefficient (Wildman–Crippen LogP) is 2.44. The van der Waals surface area contributed by atoms with Crippen LogP contribution in [0.25, 0.3) is 0 Å². The second-order valence-electron chi connectivity index (χ2n) is 4.24. The summed E-state index contributed by atoms with van der Waals surface area (Å²) in [5, 5.41) is 2.49. The highest BCUT2D eigenvalue weighted by molar-refractivity contribution is 5.99. The molecule has 0 saturated heterocycles. The van der Waals surface area contributed by atoms with Gasteiger partial charge in [0.1, 0.15) is 0 Å². The summed E-state index contributed by atoms with van der Waals surface area (Å²) >= 11 is 0. The first-order valence-corrected chi connectivity index (χ1v) is 6.12. The zero-order chi connectivity index (χ0) is 15.3. The lowest BCUT2D eigenvalue weighted by atomic mass is 10.1. The third-order valence-electron chi connectivity index (χ3n) is 2.66. The Morgan fingerprint density at radius 3 is 2.65 bits per heavy atom. The molecule has 7 heteroatoms. The smallest absolute Gasteiger partial charge is 0.398 e. The van der Waals surface area contributed by atoms with Crippen molar-refractivity contribution in [3.8, 4) is 0 Å². The fourth-order valence-electron chi connectivity index (χ4n) is 1.69. The predicted molar refractivity (Wildman–Crippen MR) is 69.3 cm³/mol. The normalized spacial score (nSPS) is 13.1. The molecule has 0 aliphatic heterocycles. The van der Waals surface area contributed by atoms with E-state index in [4.69, 9.17) is 10.5 Å². The van der Waals surface area contributed by atoms with Gasteiger partial charge in [-0.2, -0.15) is 13.2 Å². The number of rotatable bonds is 5. The van der Waals surface area contributed by atoms with Gasteiger partial charge < -0.3 is 15.8 Å². The van der Waals surface area contributed by atoms with E-state index in [0.717, 1.165) is 12.1 Å². The summed E-state index contributed by atoms with van der Waals surface area (Å²) < 4.78 is 43.2. The molecule has 3 N–H and O–H groups in total. The molecule has 0 aromatic heterocycles. The van der Waals surface area contributed by atoms with Crippen molar-refractivity contribution >= 4 is 11.6 Å². The molecular formula is C13H17F3N2O2. The van der Waals surface area contributed by atoms with E-state index in [1.54, 1.807) is 6.92 Å². The molecule has 0 heterocycles. The molecule has 1 unspecified atom stereocenters. The van der Waals surface area contributed by atoms with Gasteiger partial charge in [-0.15, -0.1) is 0 Å². The lowest BCUT2D eigenvalue weighted by Gasteiger charge is -2.15. The van der Waals surface area contributed by atoms with Gasteiger partial charge in [0.25, 0.3) is 5.91 Å². The highest BCUT2D eigenvalue weighted by Crippen LogP contribution is 2.34. The maximum absolute atomic E-state index is 12.7. The van der Waals surface area contributed by atoms with Crippen LogP contribution < -0.4 is 11.1 Å². The van der Waals surface area contributed by atoms with Gasteiger partial charge >= 0.3 is 6.18 Å². The van der Waals surface area contributed by atoms with Gasteiger partial charge in [0.05, 0.1) is 22.9 Å². The van der Waals surface area contributed by atoms with Crippen molar-refractivity contribution in [2.75, 3.05) is 18.9 Å². The number of amides is 1. The minimum atomic E-state index is -4.58. The number of hydrogen-bond acceptors (Lipinski definition) is 3. The number of nitrogens with two attached hydrogens (primary N) is 1. The Hall–Kier alpha value is -1.76. The summed E-state index contributed by atoms with van der Waals surface area (Å²) in [6.07, 6.45) is -4.81. The van der Waals surface area contributed by atoms with Gasteiger partial charge in [-0.25, -0.2) is 0 Å². The van der Waals surface area contributed by atoms with E-state index in [-0.39, 0.29) is 18.2 Å². The molecular weight excluding hydrogens is 273 g/mol.